The van der Waals surface area contributed by atoms with Crippen molar-refractivity contribution in [1.82, 2.24) is 10.2 Å². The van der Waals surface area contributed by atoms with Crippen LogP contribution in [0.3, 0.4) is 0 Å². The van der Waals surface area contributed by atoms with Crippen LogP contribution in [0.1, 0.15) is 20.3 Å². The van der Waals surface area contributed by atoms with E-state index in [1.165, 1.54) is 4.90 Å². The summed E-state index contributed by atoms with van der Waals surface area (Å²) in [4.78, 5) is 25.5. The second kappa shape index (κ2) is 8.29. The normalized spacial score (nSPS) is 11.9. The summed E-state index contributed by atoms with van der Waals surface area (Å²) in [5.41, 5.74) is 0. The van der Waals surface area contributed by atoms with Gasteiger partial charge in [0.1, 0.15) is 11.8 Å². The quantitative estimate of drug-likeness (QED) is 0.832. The van der Waals surface area contributed by atoms with Gasteiger partial charge in [-0.15, -0.1) is 0 Å². The van der Waals surface area contributed by atoms with Crippen LogP contribution in [0.15, 0.2) is 30.3 Å². The lowest BCUT2D eigenvalue weighted by atomic mass is 10.0. The molecule has 1 rings (SSSR count). The highest BCUT2D eigenvalue weighted by Gasteiger charge is 2.23. The zero-order chi connectivity index (χ0) is 15.8. The molecule has 0 aliphatic heterocycles. The molecule has 0 radical (unpaired) electrons. The molecule has 0 aromatic heterocycles. The smallest absolute Gasteiger partial charge is 0.258 e. The van der Waals surface area contributed by atoms with E-state index >= 15 is 0 Å². The molecule has 1 unspecified atom stereocenters. The van der Waals surface area contributed by atoms with Gasteiger partial charge in [0.15, 0.2) is 6.61 Å². The van der Waals surface area contributed by atoms with Crippen LogP contribution in [0.2, 0.25) is 0 Å². The Kier molecular flexibility index (Phi) is 6.72. The van der Waals surface area contributed by atoms with E-state index < -0.39 is 6.04 Å². The van der Waals surface area contributed by atoms with Gasteiger partial charge < -0.3 is 15.0 Å². The van der Waals surface area contributed by atoms with Gasteiger partial charge in [0.2, 0.25) is 5.91 Å². The third kappa shape index (κ3) is 6.29. The summed E-state index contributed by atoms with van der Waals surface area (Å²) in [5, 5.41) is 2.74. The second-order valence-corrected chi connectivity index (χ2v) is 5.58. The van der Waals surface area contributed by atoms with E-state index in [2.05, 4.69) is 5.32 Å². The van der Waals surface area contributed by atoms with E-state index in [4.69, 9.17) is 4.74 Å². The average Bonchev–Trinajstić information content (AvgIpc) is 2.44. The minimum atomic E-state index is -0.508. The van der Waals surface area contributed by atoms with Crippen LogP contribution >= 0.6 is 0 Å². The van der Waals surface area contributed by atoms with Crippen molar-refractivity contribution in [3.63, 3.8) is 0 Å². The van der Waals surface area contributed by atoms with Gasteiger partial charge in [0, 0.05) is 14.1 Å². The molecule has 0 saturated carbocycles. The van der Waals surface area contributed by atoms with Crippen molar-refractivity contribution in [3.05, 3.63) is 30.3 Å². The molecule has 0 bridgehead atoms. The molecule has 1 N–H and O–H groups in total. The van der Waals surface area contributed by atoms with Gasteiger partial charge >= 0.3 is 0 Å². The Morgan fingerprint density at radius 2 is 1.81 bits per heavy atom. The molecule has 21 heavy (non-hydrogen) atoms. The first-order valence-corrected chi connectivity index (χ1v) is 7.08. The van der Waals surface area contributed by atoms with Crippen LogP contribution in [0.25, 0.3) is 0 Å². The number of hydrogen-bond acceptors (Lipinski definition) is 3. The van der Waals surface area contributed by atoms with Crippen molar-refractivity contribution < 1.29 is 14.3 Å². The maximum Gasteiger partial charge on any atom is 0.258 e. The number of ether oxygens (including phenoxy) is 1. The number of para-hydroxylation sites is 1. The number of hydrogen-bond donors (Lipinski definition) is 1. The molecule has 0 spiro atoms. The van der Waals surface area contributed by atoms with Gasteiger partial charge in [-0.25, -0.2) is 0 Å². The van der Waals surface area contributed by atoms with Gasteiger partial charge in [-0.1, -0.05) is 32.0 Å². The number of likely N-dealkylation sites (N-methyl/N-ethyl adjacent to an activating group) is 1. The number of nitrogens with zero attached hydrogens (tertiary/aromatic N) is 1. The number of carbonyl (C=O) groups excluding carboxylic acids is 2. The van der Waals surface area contributed by atoms with E-state index in [-0.39, 0.29) is 18.4 Å². The summed E-state index contributed by atoms with van der Waals surface area (Å²) < 4.78 is 5.38. The third-order valence-corrected chi connectivity index (χ3v) is 2.89. The number of amides is 2. The lowest BCUT2D eigenvalue weighted by Gasteiger charge is -2.23. The summed E-state index contributed by atoms with van der Waals surface area (Å²) >= 11 is 0. The zero-order valence-electron chi connectivity index (χ0n) is 13.1. The average molecular weight is 292 g/mol. The molecule has 5 nitrogen and oxygen atoms in total. The highest BCUT2D eigenvalue weighted by molar-refractivity contribution is 5.87. The molecule has 1 aromatic rings. The Balaban J connectivity index is 2.53. The number of carbonyl (C=O) groups is 2. The van der Waals surface area contributed by atoms with Gasteiger partial charge in [0.25, 0.3) is 5.91 Å². The first kappa shape index (κ1) is 17.0. The Morgan fingerprint density at radius 3 is 2.33 bits per heavy atom. The summed E-state index contributed by atoms with van der Waals surface area (Å²) in [6.07, 6.45) is 0.605. The third-order valence-electron chi connectivity index (χ3n) is 2.89. The Bertz CT molecular complexity index is 458. The molecule has 0 fully saturated rings. The number of nitrogens with one attached hydrogen (secondary N) is 1. The molecule has 1 atom stereocenters. The maximum atomic E-state index is 12.1. The SMILES string of the molecule is CC(C)CC(NC(=O)COc1ccccc1)C(=O)N(C)C. The lowest BCUT2D eigenvalue weighted by Crippen LogP contribution is -2.48. The fraction of sp³-hybridized carbons (Fsp3) is 0.500. The van der Waals surface area contributed by atoms with E-state index in [1.54, 1.807) is 26.2 Å². The van der Waals surface area contributed by atoms with E-state index in [0.717, 1.165) is 0 Å². The van der Waals surface area contributed by atoms with E-state index in [1.807, 2.05) is 32.0 Å². The fourth-order valence-corrected chi connectivity index (χ4v) is 1.91. The van der Waals surface area contributed by atoms with Crippen molar-refractivity contribution in [2.75, 3.05) is 20.7 Å². The van der Waals surface area contributed by atoms with Crippen molar-refractivity contribution >= 4 is 11.8 Å². The fourth-order valence-electron chi connectivity index (χ4n) is 1.91. The first-order valence-electron chi connectivity index (χ1n) is 7.08. The second-order valence-electron chi connectivity index (χ2n) is 5.58. The van der Waals surface area contributed by atoms with Crippen molar-refractivity contribution in [3.8, 4) is 5.75 Å². The summed E-state index contributed by atoms with van der Waals surface area (Å²) in [7, 11) is 3.37. The van der Waals surface area contributed by atoms with Crippen LogP contribution in [-0.4, -0.2) is 43.5 Å². The highest BCUT2D eigenvalue weighted by Crippen LogP contribution is 2.09. The molecule has 0 heterocycles. The standard InChI is InChI=1S/C16H24N2O3/c1-12(2)10-14(16(20)18(3)4)17-15(19)11-21-13-8-6-5-7-9-13/h5-9,12,14H,10-11H2,1-4H3,(H,17,19). The van der Waals surface area contributed by atoms with Gasteiger partial charge in [0.05, 0.1) is 0 Å². The molecular weight excluding hydrogens is 268 g/mol. The van der Waals surface area contributed by atoms with Crippen molar-refractivity contribution in [1.29, 1.82) is 0 Å². The predicted octanol–water partition coefficient (Wildman–Crippen LogP) is 1.68. The van der Waals surface area contributed by atoms with Crippen LogP contribution in [-0.2, 0) is 9.59 Å². The van der Waals surface area contributed by atoms with Crippen molar-refractivity contribution in [2.45, 2.75) is 26.3 Å². The molecule has 116 valence electrons. The summed E-state index contributed by atoms with van der Waals surface area (Å²) in [6.45, 7) is 3.93. The van der Waals surface area contributed by atoms with Crippen LogP contribution < -0.4 is 10.1 Å². The van der Waals surface area contributed by atoms with Crippen LogP contribution in [0.4, 0.5) is 0 Å². The molecular formula is C16H24N2O3. The van der Waals surface area contributed by atoms with E-state index in [0.29, 0.717) is 18.1 Å². The topological polar surface area (TPSA) is 58.6 Å². The molecule has 0 aliphatic carbocycles. The molecule has 2 amide bonds. The van der Waals surface area contributed by atoms with Crippen LogP contribution in [0, 0.1) is 5.92 Å². The molecule has 1 aromatic carbocycles. The van der Waals surface area contributed by atoms with Crippen LogP contribution in [0.5, 0.6) is 5.75 Å². The zero-order valence-corrected chi connectivity index (χ0v) is 13.1. The van der Waals surface area contributed by atoms with E-state index in [9.17, 15) is 9.59 Å². The first-order chi connectivity index (χ1) is 9.90. The Hall–Kier alpha value is -2.04. The summed E-state index contributed by atoms with van der Waals surface area (Å²) in [5.74, 6) is 0.553. The molecule has 0 aliphatic rings. The van der Waals surface area contributed by atoms with Crippen molar-refractivity contribution in [2.24, 2.45) is 5.92 Å². The Morgan fingerprint density at radius 1 is 1.19 bits per heavy atom. The lowest BCUT2D eigenvalue weighted by molar-refractivity contribution is -0.135. The minimum Gasteiger partial charge on any atom is -0.484 e. The monoisotopic (exact) mass is 292 g/mol. The largest absolute Gasteiger partial charge is 0.484 e. The number of benzene rings is 1. The summed E-state index contributed by atoms with van der Waals surface area (Å²) in [6, 6.07) is 8.61. The van der Waals surface area contributed by atoms with Gasteiger partial charge in [-0.05, 0) is 24.5 Å². The maximum absolute atomic E-state index is 12.1. The molecule has 0 saturated heterocycles. The highest BCUT2D eigenvalue weighted by atomic mass is 16.5. The number of rotatable bonds is 7. The van der Waals surface area contributed by atoms with Gasteiger partial charge in [-0.3, -0.25) is 9.59 Å². The Labute approximate surface area is 126 Å². The minimum absolute atomic E-state index is 0.0979. The predicted molar refractivity (Wildman–Crippen MR) is 82.0 cm³/mol. The molecule has 5 heteroatoms. The van der Waals surface area contributed by atoms with Gasteiger partial charge in [-0.2, -0.15) is 0 Å².